The van der Waals surface area contributed by atoms with Gasteiger partial charge in [0, 0.05) is 24.1 Å². The first-order valence-corrected chi connectivity index (χ1v) is 11.2. The predicted molar refractivity (Wildman–Crippen MR) is 110 cm³/mol. The summed E-state index contributed by atoms with van der Waals surface area (Å²) in [4.78, 5) is 10.2. The minimum atomic E-state index is 0.416. The molecule has 0 aliphatic carbocycles. The predicted octanol–water partition coefficient (Wildman–Crippen LogP) is 4.18. The monoisotopic (exact) mass is 380 g/mol. The Morgan fingerprint density at radius 2 is 1.71 bits per heavy atom. The number of rotatable bonds is 4. The molecule has 5 nitrogen and oxygen atoms in total. The van der Waals surface area contributed by atoms with Crippen LogP contribution in [0.2, 0.25) is 0 Å². The Morgan fingerprint density at radius 1 is 0.893 bits per heavy atom. The van der Waals surface area contributed by atoms with Gasteiger partial charge in [-0.15, -0.1) is 0 Å². The SMILES string of the molecule is c1ccc(-c2noc(C3CCN(C[C@@H]4CCCN5CCCC[C@H]45)CC3)n2)cc1. The molecule has 3 aliphatic heterocycles. The average molecular weight is 381 g/mol. The fourth-order valence-corrected chi connectivity index (χ4v) is 5.59. The van der Waals surface area contributed by atoms with Crippen molar-refractivity contribution < 1.29 is 4.52 Å². The Hall–Kier alpha value is -1.72. The van der Waals surface area contributed by atoms with E-state index in [1.165, 1.54) is 51.7 Å². The first kappa shape index (κ1) is 18.3. The molecule has 0 spiro atoms. The lowest BCUT2D eigenvalue weighted by Gasteiger charge is -2.46. The minimum Gasteiger partial charge on any atom is -0.339 e. The largest absolute Gasteiger partial charge is 0.339 e. The Labute approximate surface area is 168 Å². The first-order chi connectivity index (χ1) is 13.9. The standard InChI is InChI=1S/C23H32N4O/c1-2-7-18(8-3-1)22-24-23(28-25-22)19-11-15-26(16-12-19)17-20-9-6-14-27-13-5-4-10-21(20)27/h1-3,7-8,19-21H,4-6,9-17H2/t20-,21+/m0/s1. The van der Waals surface area contributed by atoms with Gasteiger partial charge in [0.2, 0.25) is 11.7 Å². The van der Waals surface area contributed by atoms with Crippen molar-refractivity contribution in [1.82, 2.24) is 19.9 Å². The molecule has 5 heteroatoms. The van der Waals surface area contributed by atoms with E-state index in [2.05, 4.69) is 15.0 Å². The van der Waals surface area contributed by atoms with Crippen LogP contribution in [0.1, 0.15) is 56.8 Å². The first-order valence-electron chi connectivity index (χ1n) is 11.2. The summed E-state index contributed by atoms with van der Waals surface area (Å²) in [6.07, 6.45) is 9.35. The average Bonchev–Trinajstić information content (AvgIpc) is 3.26. The molecule has 0 unspecified atom stereocenters. The van der Waals surface area contributed by atoms with Crippen LogP contribution in [0.15, 0.2) is 34.9 Å². The number of fused-ring (bicyclic) bond motifs is 1. The topological polar surface area (TPSA) is 45.4 Å². The van der Waals surface area contributed by atoms with Gasteiger partial charge in [0.25, 0.3) is 0 Å². The molecule has 2 atom stereocenters. The van der Waals surface area contributed by atoms with E-state index in [0.717, 1.165) is 55.2 Å². The molecule has 0 bridgehead atoms. The van der Waals surface area contributed by atoms with Crippen LogP contribution >= 0.6 is 0 Å². The van der Waals surface area contributed by atoms with Crippen LogP contribution in [0.4, 0.5) is 0 Å². The second-order valence-corrected chi connectivity index (χ2v) is 8.90. The van der Waals surface area contributed by atoms with Crippen LogP contribution < -0.4 is 0 Å². The van der Waals surface area contributed by atoms with E-state index in [1.807, 2.05) is 30.3 Å². The molecule has 0 saturated carbocycles. The molecule has 3 saturated heterocycles. The van der Waals surface area contributed by atoms with Crippen LogP contribution in [0.25, 0.3) is 11.4 Å². The third-order valence-corrected chi connectivity index (χ3v) is 7.13. The number of piperidine rings is 3. The Balaban J connectivity index is 1.16. The summed E-state index contributed by atoms with van der Waals surface area (Å²) in [5.74, 6) is 2.84. The maximum absolute atomic E-state index is 5.63. The molecule has 2 aromatic rings. The zero-order valence-electron chi connectivity index (χ0n) is 16.8. The third kappa shape index (κ3) is 3.87. The quantitative estimate of drug-likeness (QED) is 0.796. The van der Waals surface area contributed by atoms with E-state index >= 15 is 0 Å². The molecule has 0 radical (unpaired) electrons. The Kier molecular flexibility index (Phi) is 5.45. The van der Waals surface area contributed by atoms with Crippen molar-refractivity contribution in [1.29, 1.82) is 0 Å². The van der Waals surface area contributed by atoms with Crippen molar-refractivity contribution >= 4 is 0 Å². The summed E-state index contributed by atoms with van der Waals surface area (Å²) in [6, 6.07) is 11.0. The van der Waals surface area contributed by atoms with Crippen molar-refractivity contribution in [2.75, 3.05) is 32.7 Å². The fraction of sp³-hybridized carbons (Fsp3) is 0.652. The molecule has 3 aliphatic rings. The van der Waals surface area contributed by atoms with Crippen molar-refractivity contribution in [3.63, 3.8) is 0 Å². The van der Waals surface area contributed by atoms with Gasteiger partial charge in [-0.1, -0.05) is 41.9 Å². The van der Waals surface area contributed by atoms with E-state index in [4.69, 9.17) is 9.51 Å². The summed E-state index contributed by atoms with van der Waals surface area (Å²) in [7, 11) is 0. The highest BCUT2D eigenvalue weighted by Crippen LogP contribution is 2.33. The normalized spacial score (nSPS) is 27.6. The Morgan fingerprint density at radius 3 is 2.57 bits per heavy atom. The van der Waals surface area contributed by atoms with Gasteiger partial charge < -0.3 is 14.3 Å². The van der Waals surface area contributed by atoms with Crippen molar-refractivity contribution in [3.8, 4) is 11.4 Å². The summed E-state index contributed by atoms with van der Waals surface area (Å²) in [5.41, 5.74) is 1.03. The van der Waals surface area contributed by atoms with E-state index in [0.29, 0.717) is 5.92 Å². The molecule has 1 aromatic carbocycles. The lowest BCUT2D eigenvalue weighted by atomic mass is 9.82. The molecule has 28 heavy (non-hydrogen) atoms. The van der Waals surface area contributed by atoms with Gasteiger partial charge >= 0.3 is 0 Å². The summed E-state index contributed by atoms with van der Waals surface area (Å²) in [5, 5.41) is 4.21. The maximum atomic E-state index is 5.63. The smallest absolute Gasteiger partial charge is 0.230 e. The highest BCUT2D eigenvalue weighted by molar-refractivity contribution is 5.53. The molecule has 5 rings (SSSR count). The van der Waals surface area contributed by atoms with Crippen LogP contribution in [0.3, 0.4) is 0 Å². The highest BCUT2D eigenvalue weighted by atomic mass is 16.5. The summed E-state index contributed by atoms with van der Waals surface area (Å²) < 4.78 is 5.63. The molecule has 150 valence electrons. The molecule has 0 amide bonds. The second kappa shape index (κ2) is 8.34. The number of aromatic nitrogens is 2. The summed E-state index contributed by atoms with van der Waals surface area (Å²) >= 11 is 0. The second-order valence-electron chi connectivity index (χ2n) is 8.90. The number of benzene rings is 1. The molecular weight excluding hydrogens is 348 g/mol. The molecule has 4 heterocycles. The van der Waals surface area contributed by atoms with Crippen LogP contribution in [0.5, 0.6) is 0 Å². The number of nitrogens with zero attached hydrogens (tertiary/aromatic N) is 4. The molecule has 3 fully saturated rings. The van der Waals surface area contributed by atoms with Crippen molar-refractivity contribution in [2.24, 2.45) is 5.92 Å². The minimum absolute atomic E-state index is 0.416. The lowest BCUT2D eigenvalue weighted by Crippen LogP contribution is -2.51. The lowest BCUT2D eigenvalue weighted by molar-refractivity contribution is 0.0352. The van der Waals surface area contributed by atoms with Gasteiger partial charge in [-0.25, -0.2) is 0 Å². The zero-order valence-corrected chi connectivity index (χ0v) is 16.8. The van der Waals surface area contributed by atoms with Crippen molar-refractivity contribution in [2.45, 2.75) is 56.9 Å². The number of hydrogen-bond acceptors (Lipinski definition) is 5. The van der Waals surface area contributed by atoms with E-state index < -0.39 is 0 Å². The van der Waals surface area contributed by atoms with Crippen LogP contribution in [-0.2, 0) is 0 Å². The molecule has 0 N–H and O–H groups in total. The maximum Gasteiger partial charge on any atom is 0.230 e. The highest BCUT2D eigenvalue weighted by Gasteiger charge is 2.35. The van der Waals surface area contributed by atoms with Gasteiger partial charge in [0.1, 0.15) is 0 Å². The fourth-order valence-electron chi connectivity index (χ4n) is 5.59. The van der Waals surface area contributed by atoms with Crippen LogP contribution in [-0.4, -0.2) is 58.7 Å². The van der Waals surface area contributed by atoms with Gasteiger partial charge in [-0.2, -0.15) is 4.98 Å². The zero-order chi connectivity index (χ0) is 18.8. The van der Waals surface area contributed by atoms with Gasteiger partial charge in [-0.3, -0.25) is 0 Å². The van der Waals surface area contributed by atoms with Gasteiger partial charge in [0.05, 0.1) is 0 Å². The number of likely N-dealkylation sites (tertiary alicyclic amines) is 1. The number of hydrogen-bond donors (Lipinski definition) is 0. The Bertz CT molecular complexity index is 751. The molecular formula is C23H32N4O. The van der Waals surface area contributed by atoms with Crippen molar-refractivity contribution in [3.05, 3.63) is 36.2 Å². The third-order valence-electron chi connectivity index (χ3n) is 7.13. The van der Waals surface area contributed by atoms with Gasteiger partial charge in [0.15, 0.2) is 0 Å². The van der Waals surface area contributed by atoms with E-state index in [1.54, 1.807) is 0 Å². The summed E-state index contributed by atoms with van der Waals surface area (Å²) in [6.45, 7) is 6.29. The van der Waals surface area contributed by atoms with E-state index in [-0.39, 0.29) is 0 Å². The van der Waals surface area contributed by atoms with E-state index in [9.17, 15) is 0 Å². The van der Waals surface area contributed by atoms with Gasteiger partial charge in [-0.05, 0) is 70.6 Å². The van der Waals surface area contributed by atoms with Crippen LogP contribution in [0, 0.1) is 5.92 Å². The molecule has 1 aromatic heterocycles.